The maximum absolute atomic E-state index is 13.4. The number of halogens is 1. The van der Waals surface area contributed by atoms with E-state index in [9.17, 15) is 4.79 Å². The van der Waals surface area contributed by atoms with E-state index < -0.39 is 0 Å². The van der Waals surface area contributed by atoms with Crippen molar-refractivity contribution in [2.45, 2.75) is 32.9 Å². The number of hydrogen-bond donors (Lipinski definition) is 0. The molecule has 1 aliphatic rings. The minimum atomic E-state index is -0.133. The van der Waals surface area contributed by atoms with Crippen LogP contribution in [-0.4, -0.2) is 29.2 Å². The number of carbonyl (C=O) groups is 1. The van der Waals surface area contributed by atoms with E-state index in [-0.39, 0.29) is 12.0 Å². The molecule has 1 fully saturated rings. The van der Waals surface area contributed by atoms with Gasteiger partial charge in [-0.15, -0.1) is 0 Å². The quantitative estimate of drug-likeness (QED) is 0.287. The van der Waals surface area contributed by atoms with Crippen LogP contribution in [0.15, 0.2) is 79.6 Å². The topological polar surface area (TPSA) is 64.3 Å². The maximum atomic E-state index is 13.4. The van der Waals surface area contributed by atoms with Gasteiger partial charge in [0.25, 0.3) is 5.91 Å². The van der Waals surface area contributed by atoms with Crippen molar-refractivity contribution in [3.8, 4) is 11.5 Å². The lowest BCUT2D eigenvalue weighted by molar-refractivity contribution is -0.122. The van der Waals surface area contributed by atoms with Crippen LogP contribution in [0.2, 0.25) is 0 Å². The van der Waals surface area contributed by atoms with Crippen LogP contribution < -0.4 is 9.47 Å². The van der Waals surface area contributed by atoms with E-state index in [1.54, 1.807) is 24.3 Å². The van der Waals surface area contributed by atoms with Crippen LogP contribution >= 0.6 is 27.7 Å². The second kappa shape index (κ2) is 11.0. The molecule has 34 heavy (non-hydrogen) atoms. The number of amidine groups is 1. The van der Waals surface area contributed by atoms with Crippen LogP contribution in [0, 0.1) is 0 Å². The molecular weight excluding hydrogens is 516 g/mol. The molecule has 3 aromatic rings. The lowest BCUT2D eigenvalue weighted by atomic mass is 10.1. The first kappa shape index (κ1) is 24.2. The van der Waals surface area contributed by atoms with Crippen molar-refractivity contribution >= 4 is 50.5 Å². The molecule has 1 aromatic heterocycles. The van der Waals surface area contributed by atoms with Crippen molar-refractivity contribution in [1.29, 1.82) is 0 Å². The molecule has 0 radical (unpaired) electrons. The van der Waals surface area contributed by atoms with Crippen LogP contribution in [0.4, 0.5) is 5.69 Å². The standard InChI is InChI=1S/C26H25BrN2O4S/c1-4-17(2)33-24-21(27)13-18(14-22(24)31-3)15-23-25(30)29(16-20-11-8-12-32-20)26(34-23)28-19-9-6-5-7-10-19/h5-15,17H,4,16H2,1-3H3/b23-15-,28-26?/t17-/m0/s1. The van der Waals surface area contributed by atoms with E-state index in [0.29, 0.717) is 33.9 Å². The Morgan fingerprint density at radius 1 is 1.21 bits per heavy atom. The van der Waals surface area contributed by atoms with Gasteiger partial charge in [0, 0.05) is 0 Å². The number of amides is 1. The minimum absolute atomic E-state index is 0.0493. The van der Waals surface area contributed by atoms with Crippen molar-refractivity contribution in [3.05, 3.63) is 81.6 Å². The van der Waals surface area contributed by atoms with Crippen molar-refractivity contribution in [3.63, 3.8) is 0 Å². The molecule has 0 aliphatic carbocycles. The number of aliphatic imine (C=N–C) groups is 1. The lowest BCUT2D eigenvalue weighted by Gasteiger charge is -2.17. The number of rotatable bonds is 8. The highest BCUT2D eigenvalue weighted by Crippen LogP contribution is 2.40. The smallest absolute Gasteiger partial charge is 0.267 e. The number of methoxy groups -OCH3 is 1. The van der Waals surface area contributed by atoms with Gasteiger partial charge in [-0.1, -0.05) is 25.1 Å². The number of ether oxygens (including phenoxy) is 2. The highest BCUT2D eigenvalue weighted by atomic mass is 79.9. The van der Waals surface area contributed by atoms with E-state index in [4.69, 9.17) is 18.9 Å². The molecule has 176 valence electrons. The Labute approximate surface area is 211 Å². The molecule has 8 heteroatoms. The molecule has 4 rings (SSSR count). The first-order chi connectivity index (χ1) is 16.5. The predicted octanol–water partition coefficient (Wildman–Crippen LogP) is 7.03. The van der Waals surface area contributed by atoms with E-state index in [0.717, 1.165) is 22.1 Å². The molecule has 2 aromatic carbocycles. The molecule has 0 N–H and O–H groups in total. The molecule has 1 amide bonds. The Balaban J connectivity index is 1.68. The Morgan fingerprint density at radius 2 is 2.00 bits per heavy atom. The predicted molar refractivity (Wildman–Crippen MR) is 139 cm³/mol. The van der Waals surface area contributed by atoms with E-state index in [2.05, 4.69) is 22.9 Å². The first-order valence-corrected chi connectivity index (χ1v) is 12.5. The van der Waals surface area contributed by atoms with Crippen molar-refractivity contribution in [2.75, 3.05) is 7.11 Å². The molecule has 0 saturated carbocycles. The SMILES string of the molecule is CC[C@H](C)Oc1c(Br)cc(/C=C2\SC(=Nc3ccccc3)N(Cc3ccco3)C2=O)cc1OC. The van der Waals surface area contributed by atoms with Crippen molar-refractivity contribution in [2.24, 2.45) is 4.99 Å². The molecule has 1 saturated heterocycles. The molecule has 0 spiro atoms. The second-order valence-electron chi connectivity index (χ2n) is 7.68. The van der Waals surface area contributed by atoms with Crippen LogP contribution in [0.1, 0.15) is 31.6 Å². The summed E-state index contributed by atoms with van der Waals surface area (Å²) in [5.41, 5.74) is 1.59. The van der Waals surface area contributed by atoms with Gasteiger partial charge in [-0.3, -0.25) is 9.69 Å². The Bertz CT molecular complexity index is 1210. The second-order valence-corrected chi connectivity index (χ2v) is 9.55. The molecule has 1 aliphatic heterocycles. The van der Waals surface area contributed by atoms with E-state index in [1.165, 1.54) is 11.8 Å². The summed E-state index contributed by atoms with van der Waals surface area (Å²) in [5, 5.41) is 0.599. The van der Waals surface area contributed by atoms with E-state index in [1.807, 2.05) is 61.5 Å². The van der Waals surface area contributed by atoms with Gasteiger partial charge in [-0.05, 0) is 89.1 Å². The highest BCUT2D eigenvalue weighted by molar-refractivity contribution is 9.10. The summed E-state index contributed by atoms with van der Waals surface area (Å²) in [6.07, 6.45) is 4.37. The summed E-state index contributed by atoms with van der Waals surface area (Å²) in [6, 6.07) is 17.0. The number of thioether (sulfide) groups is 1. The summed E-state index contributed by atoms with van der Waals surface area (Å²) in [4.78, 5) is 20.3. The van der Waals surface area contributed by atoms with Gasteiger partial charge >= 0.3 is 0 Å². The Morgan fingerprint density at radius 3 is 2.68 bits per heavy atom. The zero-order chi connectivity index (χ0) is 24.1. The third kappa shape index (κ3) is 5.56. The van der Waals surface area contributed by atoms with Crippen LogP contribution in [0.5, 0.6) is 11.5 Å². The fourth-order valence-corrected chi connectivity index (χ4v) is 4.83. The summed E-state index contributed by atoms with van der Waals surface area (Å²) in [7, 11) is 1.60. The third-order valence-electron chi connectivity index (χ3n) is 5.21. The van der Waals surface area contributed by atoms with Crippen molar-refractivity contribution in [1.82, 2.24) is 4.90 Å². The summed E-state index contributed by atoms with van der Waals surface area (Å²) in [6.45, 7) is 4.38. The largest absolute Gasteiger partial charge is 0.493 e. The summed E-state index contributed by atoms with van der Waals surface area (Å²) < 4.78 is 17.8. The van der Waals surface area contributed by atoms with Gasteiger partial charge in [0.1, 0.15) is 5.76 Å². The summed E-state index contributed by atoms with van der Waals surface area (Å²) >= 11 is 4.93. The number of nitrogens with zero attached hydrogens (tertiary/aromatic N) is 2. The van der Waals surface area contributed by atoms with Gasteiger partial charge in [0.2, 0.25) is 0 Å². The zero-order valence-corrected chi connectivity index (χ0v) is 21.6. The van der Waals surface area contributed by atoms with Gasteiger partial charge in [0.05, 0.1) is 41.1 Å². The van der Waals surface area contributed by atoms with Crippen molar-refractivity contribution < 1.29 is 18.7 Å². The average molecular weight is 541 g/mol. The van der Waals surface area contributed by atoms with Gasteiger partial charge in [-0.25, -0.2) is 4.99 Å². The Hall–Kier alpha value is -2.97. The summed E-state index contributed by atoms with van der Waals surface area (Å²) in [5.74, 6) is 1.80. The number of benzene rings is 2. The first-order valence-electron chi connectivity index (χ1n) is 10.9. The molecule has 1 atom stereocenters. The zero-order valence-electron chi connectivity index (χ0n) is 19.2. The van der Waals surface area contributed by atoms with Crippen LogP contribution in [0.3, 0.4) is 0 Å². The van der Waals surface area contributed by atoms with Crippen LogP contribution in [0.25, 0.3) is 6.08 Å². The average Bonchev–Trinajstić information content (AvgIpc) is 3.45. The molecular formula is C26H25BrN2O4S. The van der Waals surface area contributed by atoms with Gasteiger partial charge < -0.3 is 13.9 Å². The van der Waals surface area contributed by atoms with Gasteiger partial charge in [0.15, 0.2) is 16.7 Å². The molecule has 6 nitrogen and oxygen atoms in total. The normalized spacial score (nSPS) is 16.9. The monoisotopic (exact) mass is 540 g/mol. The highest BCUT2D eigenvalue weighted by Gasteiger charge is 2.34. The fraction of sp³-hybridized carbons (Fsp3) is 0.231. The Kier molecular flexibility index (Phi) is 7.80. The minimum Gasteiger partial charge on any atom is -0.493 e. The fourth-order valence-electron chi connectivity index (χ4n) is 3.28. The lowest BCUT2D eigenvalue weighted by Crippen LogP contribution is -2.28. The molecule has 0 unspecified atom stereocenters. The maximum Gasteiger partial charge on any atom is 0.267 e. The van der Waals surface area contributed by atoms with Crippen LogP contribution in [-0.2, 0) is 11.3 Å². The third-order valence-corrected chi connectivity index (χ3v) is 6.80. The van der Waals surface area contributed by atoms with E-state index >= 15 is 0 Å². The number of hydrogen-bond acceptors (Lipinski definition) is 6. The number of para-hydroxylation sites is 1. The molecule has 2 heterocycles. The van der Waals surface area contributed by atoms with Gasteiger partial charge in [-0.2, -0.15) is 0 Å². The molecule has 0 bridgehead atoms. The number of carbonyl (C=O) groups excluding carboxylic acids is 1. The number of furan rings is 1.